The molecule has 0 aliphatic carbocycles. The molecule has 1 aromatic heterocycles. The van der Waals surface area contributed by atoms with Gasteiger partial charge in [-0.3, -0.25) is 5.10 Å². The van der Waals surface area contributed by atoms with Crippen molar-refractivity contribution in [2.45, 2.75) is 32.8 Å². The lowest BCUT2D eigenvalue weighted by atomic mass is 10.1. The van der Waals surface area contributed by atoms with Crippen LogP contribution in [0.4, 0.5) is 10.5 Å². The number of nitrogens with zero attached hydrogens (tertiary/aromatic N) is 1. The topological polar surface area (TPSA) is 79.0 Å². The van der Waals surface area contributed by atoms with Crippen LogP contribution in [0.2, 0.25) is 0 Å². The second-order valence-corrected chi connectivity index (χ2v) is 6.26. The number of carbonyl (C=O) groups excluding carboxylic acids is 1. The number of carbonyl (C=O) groups is 1. The number of anilines is 1. The van der Waals surface area contributed by atoms with E-state index in [0.29, 0.717) is 6.54 Å². The molecule has 0 aliphatic heterocycles. The molecule has 0 atom stereocenters. The molecular formula is C17H24N4O2. The Kier molecular flexibility index (Phi) is 5.62. The first kappa shape index (κ1) is 16.9. The summed E-state index contributed by atoms with van der Waals surface area (Å²) in [6, 6.07) is 10.1. The average Bonchev–Trinajstić information content (AvgIpc) is 3.00. The van der Waals surface area contributed by atoms with Crippen LogP contribution in [0.3, 0.4) is 0 Å². The molecule has 1 amide bonds. The van der Waals surface area contributed by atoms with E-state index in [-0.39, 0.29) is 6.09 Å². The largest absolute Gasteiger partial charge is 0.444 e. The SMILES string of the molecule is CC(C)(C)OC(=O)NCCCNc1ccc(-c2ccn[nH]2)cc1. The summed E-state index contributed by atoms with van der Waals surface area (Å²) in [7, 11) is 0. The summed E-state index contributed by atoms with van der Waals surface area (Å²) < 4.78 is 5.17. The number of benzene rings is 1. The summed E-state index contributed by atoms with van der Waals surface area (Å²) in [4.78, 5) is 11.5. The van der Waals surface area contributed by atoms with Crippen molar-refractivity contribution in [1.29, 1.82) is 0 Å². The Labute approximate surface area is 136 Å². The molecule has 6 heteroatoms. The Morgan fingerprint density at radius 2 is 1.91 bits per heavy atom. The van der Waals surface area contributed by atoms with Crippen molar-refractivity contribution < 1.29 is 9.53 Å². The molecule has 6 nitrogen and oxygen atoms in total. The molecule has 0 fully saturated rings. The zero-order valence-electron chi connectivity index (χ0n) is 13.8. The predicted octanol–water partition coefficient (Wildman–Crippen LogP) is 3.40. The number of ether oxygens (including phenoxy) is 1. The van der Waals surface area contributed by atoms with E-state index < -0.39 is 5.60 Å². The molecule has 0 unspecified atom stereocenters. The zero-order chi connectivity index (χ0) is 16.7. The van der Waals surface area contributed by atoms with Crippen LogP contribution in [0.1, 0.15) is 27.2 Å². The van der Waals surface area contributed by atoms with E-state index in [1.54, 1.807) is 6.20 Å². The second-order valence-electron chi connectivity index (χ2n) is 6.26. The second kappa shape index (κ2) is 7.67. The standard InChI is InChI=1S/C17H24N4O2/c1-17(2,3)23-16(22)19-11-4-10-18-14-7-5-13(6-8-14)15-9-12-20-21-15/h5-9,12,18H,4,10-11H2,1-3H3,(H,19,22)(H,20,21). The van der Waals surface area contributed by atoms with Gasteiger partial charge in [-0.1, -0.05) is 12.1 Å². The molecule has 0 saturated carbocycles. The molecule has 3 N–H and O–H groups in total. The van der Waals surface area contributed by atoms with E-state index in [1.807, 2.05) is 51.1 Å². The maximum Gasteiger partial charge on any atom is 0.407 e. The first-order valence-corrected chi connectivity index (χ1v) is 7.74. The van der Waals surface area contributed by atoms with E-state index >= 15 is 0 Å². The van der Waals surface area contributed by atoms with Crippen molar-refractivity contribution in [2.75, 3.05) is 18.4 Å². The van der Waals surface area contributed by atoms with E-state index in [2.05, 4.69) is 20.8 Å². The van der Waals surface area contributed by atoms with Crippen LogP contribution in [0.15, 0.2) is 36.5 Å². The first-order chi connectivity index (χ1) is 10.9. The van der Waals surface area contributed by atoms with Crippen molar-refractivity contribution >= 4 is 11.8 Å². The monoisotopic (exact) mass is 316 g/mol. The van der Waals surface area contributed by atoms with Gasteiger partial charge >= 0.3 is 6.09 Å². The third-order valence-electron chi connectivity index (χ3n) is 3.05. The van der Waals surface area contributed by atoms with Crippen LogP contribution in [-0.4, -0.2) is 35.0 Å². The number of hydrogen-bond acceptors (Lipinski definition) is 4. The molecule has 0 aliphatic rings. The van der Waals surface area contributed by atoms with Gasteiger partial charge in [0, 0.05) is 25.0 Å². The molecule has 124 valence electrons. The Balaban J connectivity index is 1.66. The molecule has 2 rings (SSSR count). The van der Waals surface area contributed by atoms with Crippen molar-refractivity contribution in [3.8, 4) is 11.3 Å². The third-order valence-corrected chi connectivity index (χ3v) is 3.05. The average molecular weight is 316 g/mol. The fourth-order valence-electron chi connectivity index (χ4n) is 2.01. The predicted molar refractivity (Wildman–Crippen MR) is 91.4 cm³/mol. The summed E-state index contributed by atoms with van der Waals surface area (Å²) in [5, 5.41) is 12.9. The third kappa shape index (κ3) is 6.02. The summed E-state index contributed by atoms with van der Waals surface area (Å²) >= 11 is 0. The van der Waals surface area contributed by atoms with Gasteiger partial charge in [0.2, 0.25) is 0 Å². The zero-order valence-corrected chi connectivity index (χ0v) is 13.8. The van der Waals surface area contributed by atoms with Gasteiger partial charge in [-0.2, -0.15) is 5.10 Å². The Morgan fingerprint density at radius 1 is 1.17 bits per heavy atom. The van der Waals surface area contributed by atoms with Gasteiger partial charge in [0.1, 0.15) is 5.60 Å². The number of aromatic amines is 1. The molecule has 1 aromatic carbocycles. The van der Waals surface area contributed by atoms with E-state index in [9.17, 15) is 4.79 Å². The van der Waals surface area contributed by atoms with Crippen molar-refractivity contribution in [3.05, 3.63) is 36.5 Å². The summed E-state index contributed by atoms with van der Waals surface area (Å²) in [6.07, 6.45) is 2.18. The van der Waals surface area contributed by atoms with Crippen LogP contribution in [0, 0.1) is 0 Å². The van der Waals surface area contributed by atoms with Gasteiger partial charge in [-0.25, -0.2) is 4.79 Å². The fraction of sp³-hybridized carbons (Fsp3) is 0.412. The quantitative estimate of drug-likeness (QED) is 0.714. The van der Waals surface area contributed by atoms with Crippen molar-refractivity contribution in [3.63, 3.8) is 0 Å². The molecule has 0 radical (unpaired) electrons. The van der Waals surface area contributed by atoms with Crippen LogP contribution in [-0.2, 0) is 4.74 Å². The minimum Gasteiger partial charge on any atom is -0.444 e. The molecule has 0 saturated heterocycles. The lowest BCUT2D eigenvalue weighted by molar-refractivity contribution is 0.0528. The molecule has 2 aromatic rings. The Bertz CT molecular complexity index is 601. The lowest BCUT2D eigenvalue weighted by Crippen LogP contribution is -2.33. The van der Waals surface area contributed by atoms with Crippen LogP contribution in [0.5, 0.6) is 0 Å². The van der Waals surface area contributed by atoms with Crippen molar-refractivity contribution in [2.24, 2.45) is 0 Å². The van der Waals surface area contributed by atoms with Gasteiger partial charge in [-0.15, -0.1) is 0 Å². The van der Waals surface area contributed by atoms with Gasteiger partial charge in [-0.05, 0) is 51.0 Å². The van der Waals surface area contributed by atoms with Crippen LogP contribution < -0.4 is 10.6 Å². The maximum atomic E-state index is 11.5. The van der Waals surface area contributed by atoms with Gasteiger partial charge in [0.15, 0.2) is 0 Å². The van der Waals surface area contributed by atoms with Gasteiger partial charge in [0.05, 0.1) is 5.69 Å². The van der Waals surface area contributed by atoms with E-state index in [1.165, 1.54) is 0 Å². The lowest BCUT2D eigenvalue weighted by Gasteiger charge is -2.19. The minimum atomic E-state index is -0.460. The van der Waals surface area contributed by atoms with Crippen LogP contribution in [0.25, 0.3) is 11.3 Å². The summed E-state index contributed by atoms with van der Waals surface area (Å²) in [6.45, 7) is 6.90. The van der Waals surface area contributed by atoms with Gasteiger partial charge in [0.25, 0.3) is 0 Å². The molecule has 1 heterocycles. The highest BCUT2D eigenvalue weighted by Crippen LogP contribution is 2.18. The van der Waals surface area contributed by atoms with E-state index in [4.69, 9.17) is 4.74 Å². The number of nitrogens with one attached hydrogen (secondary N) is 3. The number of aromatic nitrogens is 2. The fourth-order valence-corrected chi connectivity index (χ4v) is 2.01. The number of rotatable bonds is 6. The number of amides is 1. The Hall–Kier alpha value is -2.50. The maximum absolute atomic E-state index is 11.5. The highest BCUT2D eigenvalue weighted by atomic mass is 16.6. The number of hydrogen-bond donors (Lipinski definition) is 3. The van der Waals surface area contributed by atoms with Gasteiger partial charge < -0.3 is 15.4 Å². The first-order valence-electron chi connectivity index (χ1n) is 7.74. The molecule has 0 bridgehead atoms. The number of alkyl carbamates (subject to hydrolysis) is 1. The highest BCUT2D eigenvalue weighted by Gasteiger charge is 2.15. The molecule has 0 spiro atoms. The summed E-state index contributed by atoms with van der Waals surface area (Å²) in [5.41, 5.74) is 2.68. The summed E-state index contributed by atoms with van der Waals surface area (Å²) in [5.74, 6) is 0. The Morgan fingerprint density at radius 3 is 2.52 bits per heavy atom. The van der Waals surface area contributed by atoms with Crippen molar-refractivity contribution in [1.82, 2.24) is 15.5 Å². The highest BCUT2D eigenvalue weighted by molar-refractivity contribution is 5.67. The number of H-pyrrole nitrogens is 1. The minimum absolute atomic E-state index is 0.374. The normalized spacial score (nSPS) is 11.1. The molecular weight excluding hydrogens is 292 g/mol. The van der Waals surface area contributed by atoms with Crippen LogP contribution >= 0.6 is 0 Å². The smallest absolute Gasteiger partial charge is 0.407 e. The van der Waals surface area contributed by atoms with E-state index in [0.717, 1.165) is 29.9 Å². The molecule has 23 heavy (non-hydrogen) atoms.